The summed E-state index contributed by atoms with van der Waals surface area (Å²) in [5.74, 6) is -0.269. The zero-order chi connectivity index (χ0) is 29.3. The summed E-state index contributed by atoms with van der Waals surface area (Å²) >= 11 is 0. The van der Waals surface area contributed by atoms with Crippen LogP contribution in [0.1, 0.15) is 24.1 Å². The molecule has 7 rings (SSSR count). The van der Waals surface area contributed by atoms with Gasteiger partial charge in [0, 0.05) is 5.39 Å². The molecule has 2 aliphatic rings. The summed E-state index contributed by atoms with van der Waals surface area (Å²) in [7, 11) is 0. The van der Waals surface area contributed by atoms with Crippen molar-refractivity contribution in [1.29, 1.82) is 0 Å². The van der Waals surface area contributed by atoms with Crippen LogP contribution in [0.15, 0.2) is 121 Å². The molecular weight excluding hydrogens is 540 g/mol. The van der Waals surface area contributed by atoms with Crippen LogP contribution in [-0.4, -0.2) is 24.5 Å². The number of imide groups is 1. The fraction of sp³-hybridized carbons (Fsp3) is 0.167. The molecule has 5 aromatic carbocycles. The lowest BCUT2D eigenvalue weighted by molar-refractivity contribution is -0.126. The molecule has 43 heavy (non-hydrogen) atoms. The summed E-state index contributed by atoms with van der Waals surface area (Å²) in [6.07, 6.45) is -0.971. The van der Waals surface area contributed by atoms with Gasteiger partial charge in [0.1, 0.15) is 12.5 Å². The van der Waals surface area contributed by atoms with Crippen LogP contribution in [0, 0.1) is 5.92 Å². The number of para-hydroxylation sites is 1. The SMILES string of the molecule is CCOc1cc([C@@H]2[C@@H]3C(=O)N(c4cccc5ccccc45)C(=O)[C@H]3ON2c2ccccc2)ccc1OCc1ccccc1. The maximum Gasteiger partial charge on any atom is 0.266 e. The molecule has 2 saturated heterocycles. The summed E-state index contributed by atoms with van der Waals surface area (Å²) < 4.78 is 12.2. The Hall–Kier alpha value is -5.14. The molecule has 0 saturated carbocycles. The highest BCUT2D eigenvalue weighted by Crippen LogP contribution is 2.49. The highest BCUT2D eigenvalue weighted by atomic mass is 16.7. The zero-order valence-electron chi connectivity index (χ0n) is 23.6. The third kappa shape index (κ3) is 4.77. The second-order valence-corrected chi connectivity index (χ2v) is 10.6. The van der Waals surface area contributed by atoms with Crippen LogP contribution in [0.3, 0.4) is 0 Å². The second kappa shape index (κ2) is 11.3. The number of fused-ring (bicyclic) bond motifs is 2. The van der Waals surface area contributed by atoms with Crippen molar-refractivity contribution < 1.29 is 23.9 Å². The van der Waals surface area contributed by atoms with Crippen molar-refractivity contribution in [3.05, 3.63) is 132 Å². The van der Waals surface area contributed by atoms with Gasteiger partial charge in [-0.05, 0) is 53.8 Å². The van der Waals surface area contributed by atoms with Crippen molar-refractivity contribution in [3.8, 4) is 11.5 Å². The van der Waals surface area contributed by atoms with E-state index in [0.29, 0.717) is 30.4 Å². The molecule has 7 nitrogen and oxygen atoms in total. The molecule has 7 heteroatoms. The Labute approximate surface area is 249 Å². The lowest BCUT2D eigenvalue weighted by Gasteiger charge is -2.29. The van der Waals surface area contributed by atoms with Crippen molar-refractivity contribution in [2.45, 2.75) is 25.7 Å². The molecule has 3 atom stereocenters. The summed E-state index contributed by atoms with van der Waals surface area (Å²) in [5, 5.41) is 3.48. The lowest BCUT2D eigenvalue weighted by Crippen LogP contribution is -2.37. The largest absolute Gasteiger partial charge is 0.490 e. The Kier molecular flexibility index (Phi) is 7.01. The second-order valence-electron chi connectivity index (χ2n) is 10.6. The maximum absolute atomic E-state index is 14.3. The highest BCUT2D eigenvalue weighted by molar-refractivity contribution is 6.26. The molecule has 0 spiro atoms. The lowest BCUT2D eigenvalue weighted by atomic mass is 9.90. The first kappa shape index (κ1) is 26.7. The van der Waals surface area contributed by atoms with E-state index in [1.54, 1.807) is 5.06 Å². The van der Waals surface area contributed by atoms with Gasteiger partial charge in [0.25, 0.3) is 5.91 Å². The first-order valence-corrected chi connectivity index (χ1v) is 14.4. The molecule has 0 unspecified atom stereocenters. The summed E-state index contributed by atoms with van der Waals surface area (Å²) in [5.41, 5.74) is 3.14. The van der Waals surface area contributed by atoms with Crippen LogP contribution in [0.25, 0.3) is 10.8 Å². The predicted octanol–water partition coefficient (Wildman–Crippen LogP) is 6.87. The van der Waals surface area contributed by atoms with Gasteiger partial charge in [-0.2, -0.15) is 0 Å². The number of hydrogen-bond acceptors (Lipinski definition) is 6. The number of carbonyl (C=O) groups excluding carboxylic acids is 2. The zero-order valence-corrected chi connectivity index (χ0v) is 23.6. The molecule has 5 aromatic rings. The van der Waals surface area contributed by atoms with Gasteiger partial charge in [-0.1, -0.05) is 91.0 Å². The Morgan fingerprint density at radius 3 is 2.23 bits per heavy atom. The molecule has 0 radical (unpaired) electrons. The van der Waals surface area contributed by atoms with E-state index in [1.165, 1.54) is 4.90 Å². The van der Waals surface area contributed by atoms with E-state index < -0.39 is 18.1 Å². The maximum atomic E-state index is 14.3. The third-order valence-electron chi connectivity index (χ3n) is 7.98. The van der Waals surface area contributed by atoms with E-state index in [9.17, 15) is 9.59 Å². The van der Waals surface area contributed by atoms with Gasteiger partial charge in [-0.15, -0.1) is 0 Å². The first-order valence-electron chi connectivity index (χ1n) is 14.4. The minimum absolute atomic E-state index is 0.294. The number of nitrogens with zero attached hydrogens (tertiary/aromatic N) is 2. The number of amides is 2. The topological polar surface area (TPSA) is 68.3 Å². The molecule has 2 fully saturated rings. The van der Waals surface area contributed by atoms with E-state index in [-0.39, 0.29) is 11.8 Å². The van der Waals surface area contributed by atoms with E-state index in [1.807, 2.05) is 128 Å². The minimum atomic E-state index is -0.971. The van der Waals surface area contributed by atoms with Crippen LogP contribution < -0.4 is 19.4 Å². The van der Waals surface area contributed by atoms with Crippen LogP contribution in [0.2, 0.25) is 0 Å². The minimum Gasteiger partial charge on any atom is -0.490 e. The Bertz CT molecular complexity index is 1790. The molecule has 2 aliphatic heterocycles. The van der Waals surface area contributed by atoms with Gasteiger partial charge < -0.3 is 9.47 Å². The smallest absolute Gasteiger partial charge is 0.266 e. The van der Waals surface area contributed by atoms with Crippen molar-refractivity contribution in [3.63, 3.8) is 0 Å². The standard InChI is InChI=1S/C36H30N2O5/c1-2-41-31-22-26(20-21-30(31)42-23-24-12-5-3-6-13-24)33-32-34(43-38(33)27-16-7-4-8-17-27)36(40)37(35(32)39)29-19-11-15-25-14-9-10-18-28(25)29/h3-22,32-34H,2,23H2,1H3/t32-,33+,34-/m0/s1. The van der Waals surface area contributed by atoms with Crippen LogP contribution in [0.4, 0.5) is 11.4 Å². The molecule has 0 bridgehead atoms. The number of carbonyl (C=O) groups is 2. The molecular formula is C36H30N2O5. The van der Waals surface area contributed by atoms with Crippen molar-refractivity contribution in [1.82, 2.24) is 0 Å². The average Bonchev–Trinajstić information content (AvgIpc) is 3.56. The van der Waals surface area contributed by atoms with E-state index >= 15 is 0 Å². The summed E-state index contributed by atoms with van der Waals surface area (Å²) in [4.78, 5) is 35.9. The number of ether oxygens (including phenoxy) is 2. The quantitative estimate of drug-likeness (QED) is 0.190. The fourth-order valence-corrected chi connectivity index (χ4v) is 6.02. The number of hydroxylamine groups is 1. The Morgan fingerprint density at radius 2 is 1.44 bits per heavy atom. The van der Waals surface area contributed by atoms with Crippen molar-refractivity contribution in [2.24, 2.45) is 5.92 Å². The number of benzene rings is 5. The van der Waals surface area contributed by atoms with E-state index in [0.717, 1.165) is 27.6 Å². The molecule has 0 aliphatic carbocycles. The van der Waals surface area contributed by atoms with Gasteiger partial charge in [-0.25, -0.2) is 9.96 Å². The van der Waals surface area contributed by atoms with Crippen LogP contribution in [0.5, 0.6) is 11.5 Å². The molecule has 0 N–H and O–H groups in total. The van der Waals surface area contributed by atoms with Gasteiger partial charge in [0.05, 0.1) is 24.0 Å². The van der Waals surface area contributed by atoms with E-state index in [4.69, 9.17) is 14.3 Å². The normalized spacial score (nSPS) is 19.6. The van der Waals surface area contributed by atoms with Gasteiger partial charge in [-0.3, -0.25) is 14.4 Å². The highest BCUT2D eigenvalue weighted by Gasteiger charge is 2.60. The summed E-state index contributed by atoms with van der Waals surface area (Å²) in [6.45, 7) is 2.74. The third-order valence-corrected chi connectivity index (χ3v) is 7.98. The molecule has 2 amide bonds. The monoisotopic (exact) mass is 570 g/mol. The number of anilines is 2. The van der Waals surface area contributed by atoms with Crippen LogP contribution in [-0.2, 0) is 21.0 Å². The Morgan fingerprint density at radius 1 is 0.721 bits per heavy atom. The number of hydrogen-bond donors (Lipinski definition) is 0. The van der Waals surface area contributed by atoms with Gasteiger partial charge >= 0.3 is 0 Å². The van der Waals surface area contributed by atoms with Crippen LogP contribution >= 0.6 is 0 Å². The molecule has 2 heterocycles. The number of rotatable bonds is 8. The van der Waals surface area contributed by atoms with Crippen molar-refractivity contribution >= 4 is 34.0 Å². The predicted molar refractivity (Wildman–Crippen MR) is 165 cm³/mol. The Balaban J connectivity index is 1.28. The van der Waals surface area contributed by atoms with Gasteiger partial charge in [0.15, 0.2) is 17.6 Å². The average molecular weight is 571 g/mol. The van der Waals surface area contributed by atoms with E-state index in [2.05, 4.69) is 0 Å². The summed E-state index contributed by atoms with van der Waals surface area (Å²) in [6, 6.07) is 38.0. The molecule has 214 valence electrons. The molecule has 0 aromatic heterocycles. The first-order chi connectivity index (χ1) is 21.1. The van der Waals surface area contributed by atoms with Gasteiger partial charge in [0.2, 0.25) is 5.91 Å². The fourth-order valence-electron chi connectivity index (χ4n) is 6.02. The van der Waals surface area contributed by atoms with Crippen molar-refractivity contribution in [2.75, 3.05) is 16.6 Å².